The zero-order chi connectivity index (χ0) is 11.4. The second-order valence-electron chi connectivity index (χ2n) is 2.67. The zero-order valence-corrected chi connectivity index (χ0v) is 7.76. The van der Waals surface area contributed by atoms with Crippen molar-refractivity contribution in [2.45, 2.75) is 6.92 Å². The molecule has 0 bridgehead atoms. The van der Waals surface area contributed by atoms with Crippen molar-refractivity contribution in [3.8, 4) is 5.75 Å². The van der Waals surface area contributed by atoms with E-state index in [-0.39, 0.29) is 17.0 Å². The summed E-state index contributed by atoms with van der Waals surface area (Å²) in [5, 5.41) is 11.3. The van der Waals surface area contributed by atoms with Gasteiger partial charge in [-0.05, 0) is 23.4 Å². The van der Waals surface area contributed by atoms with Gasteiger partial charge in [0.05, 0.1) is 0 Å². The Morgan fingerprint density at radius 2 is 2.07 bits per heavy atom. The molecule has 78 valence electrons. The fourth-order valence-corrected chi connectivity index (χ4v) is 0.986. The molecule has 1 N–H and O–H groups in total. The fraction of sp³-hybridized carbons (Fsp3) is 0.111. The van der Waals surface area contributed by atoms with Crippen molar-refractivity contribution in [2.75, 3.05) is 0 Å². The molecule has 0 amide bonds. The molecule has 0 unspecified atom stereocenters. The van der Waals surface area contributed by atoms with Gasteiger partial charge in [-0.15, -0.1) is 4.91 Å². The number of carboxylic acids is 1. The Kier molecular flexibility index (Phi) is 3.12. The molecule has 0 aliphatic carbocycles. The quantitative estimate of drug-likeness (QED) is 0.464. The number of nitroso groups, excluding NO2 is 1. The van der Waals surface area contributed by atoms with E-state index in [1.807, 2.05) is 0 Å². The standard InChI is InChI=1S/C9H7NO5/c1-5(11)15-8-3-2-6(10-14)4-7(8)9(12)13/h2-4H,1H3,(H,12,13). The van der Waals surface area contributed by atoms with E-state index in [9.17, 15) is 14.5 Å². The topological polar surface area (TPSA) is 93.0 Å². The Morgan fingerprint density at radius 1 is 1.40 bits per heavy atom. The van der Waals surface area contributed by atoms with Gasteiger partial charge in [0.2, 0.25) is 0 Å². The molecular formula is C9H7NO5. The van der Waals surface area contributed by atoms with Gasteiger partial charge in [-0.25, -0.2) is 4.79 Å². The van der Waals surface area contributed by atoms with Crippen molar-refractivity contribution in [3.05, 3.63) is 28.7 Å². The van der Waals surface area contributed by atoms with Crippen molar-refractivity contribution in [1.82, 2.24) is 0 Å². The lowest BCUT2D eigenvalue weighted by molar-refractivity contribution is -0.131. The summed E-state index contributed by atoms with van der Waals surface area (Å²) in [5.74, 6) is -2.04. The van der Waals surface area contributed by atoms with Crippen molar-refractivity contribution in [1.29, 1.82) is 0 Å². The minimum Gasteiger partial charge on any atom is -0.478 e. The van der Waals surface area contributed by atoms with E-state index in [2.05, 4.69) is 9.91 Å². The highest BCUT2D eigenvalue weighted by atomic mass is 16.5. The Hall–Kier alpha value is -2.24. The molecule has 0 aliphatic rings. The van der Waals surface area contributed by atoms with Crippen LogP contribution in [0.3, 0.4) is 0 Å². The summed E-state index contributed by atoms with van der Waals surface area (Å²) in [5.41, 5.74) is -0.314. The Morgan fingerprint density at radius 3 is 2.53 bits per heavy atom. The molecule has 0 radical (unpaired) electrons. The highest BCUT2D eigenvalue weighted by Gasteiger charge is 2.14. The molecule has 0 heterocycles. The van der Waals surface area contributed by atoms with Gasteiger partial charge in [0, 0.05) is 6.92 Å². The van der Waals surface area contributed by atoms with Crippen LogP contribution in [0, 0.1) is 4.91 Å². The Bertz CT molecular complexity index is 427. The van der Waals surface area contributed by atoms with E-state index in [0.29, 0.717) is 0 Å². The average molecular weight is 209 g/mol. The van der Waals surface area contributed by atoms with Gasteiger partial charge in [-0.1, -0.05) is 0 Å². The van der Waals surface area contributed by atoms with E-state index < -0.39 is 11.9 Å². The molecule has 1 rings (SSSR count). The number of aromatic carboxylic acids is 1. The van der Waals surface area contributed by atoms with Crippen LogP contribution in [0.5, 0.6) is 5.75 Å². The molecule has 0 aliphatic heterocycles. The van der Waals surface area contributed by atoms with Crippen LogP contribution in [0.1, 0.15) is 17.3 Å². The number of ether oxygens (including phenoxy) is 1. The van der Waals surface area contributed by atoms with Crippen LogP contribution < -0.4 is 4.74 Å². The molecular weight excluding hydrogens is 202 g/mol. The number of nitrogens with zero attached hydrogens (tertiary/aromatic N) is 1. The first-order valence-corrected chi connectivity index (χ1v) is 3.93. The second-order valence-corrected chi connectivity index (χ2v) is 2.67. The number of carbonyl (C=O) groups excluding carboxylic acids is 1. The molecule has 6 heteroatoms. The van der Waals surface area contributed by atoms with E-state index >= 15 is 0 Å². The maximum absolute atomic E-state index is 10.7. The molecule has 1 aromatic rings. The van der Waals surface area contributed by atoms with Gasteiger partial charge in [0.1, 0.15) is 17.0 Å². The molecule has 0 spiro atoms. The van der Waals surface area contributed by atoms with Crippen LogP contribution in [-0.4, -0.2) is 17.0 Å². The van der Waals surface area contributed by atoms with Crippen LogP contribution in [0.15, 0.2) is 23.4 Å². The molecule has 0 aromatic heterocycles. The third-order valence-electron chi connectivity index (χ3n) is 1.55. The predicted octanol–water partition coefficient (Wildman–Crippen LogP) is 1.71. The first kappa shape index (κ1) is 10.8. The number of rotatable bonds is 3. The highest BCUT2D eigenvalue weighted by molar-refractivity contribution is 5.92. The SMILES string of the molecule is CC(=O)Oc1ccc(N=O)cc1C(=O)O. The molecule has 0 atom stereocenters. The molecule has 1 aromatic carbocycles. The van der Waals surface area contributed by atoms with Crippen LogP contribution in [0.25, 0.3) is 0 Å². The lowest BCUT2D eigenvalue weighted by Gasteiger charge is -2.04. The summed E-state index contributed by atoms with van der Waals surface area (Å²) in [6, 6.07) is 3.51. The number of hydrogen-bond donors (Lipinski definition) is 1. The Labute approximate surface area is 84.5 Å². The lowest BCUT2D eigenvalue weighted by atomic mass is 10.2. The minimum atomic E-state index is -1.29. The van der Waals surface area contributed by atoms with E-state index in [4.69, 9.17) is 5.11 Å². The highest BCUT2D eigenvalue weighted by Crippen LogP contribution is 2.24. The van der Waals surface area contributed by atoms with Crippen LogP contribution in [-0.2, 0) is 4.79 Å². The number of esters is 1. The third kappa shape index (κ3) is 2.60. The van der Waals surface area contributed by atoms with E-state index in [1.54, 1.807) is 0 Å². The molecule has 6 nitrogen and oxygen atoms in total. The second kappa shape index (κ2) is 4.32. The summed E-state index contributed by atoms with van der Waals surface area (Å²) in [7, 11) is 0. The van der Waals surface area contributed by atoms with E-state index in [0.717, 1.165) is 13.0 Å². The maximum Gasteiger partial charge on any atom is 0.339 e. The van der Waals surface area contributed by atoms with Crippen LogP contribution in [0.4, 0.5) is 5.69 Å². The minimum absolute atomic E-state index is 0.0386. The fourth-order valence-electron chi connectivity index (χ4n) is 0.986. The smallest absolute Gasteiger partial charge is 0.339 e. The summed E-state index contributed by atoms with van der Waals surface area (Å²) in [6.45, 7) is 1.15. The third-order valence-corrected chi connectivity index (χ3v) is 1.55. The van der Waals surface area contributed by atoms with E-state index in [1.165, 1.54) is 12.1 Å². The first-order chi connectivity index (χ1) is 7.04. The summed E-state index contributed by atoms with van der Waals surface area (Å²) in [4.78, 5) is 31.5. The van der Waals surface area contributed by atoms with Gasteiger partial charge in [0.25, 0.3) is 0 Å². The molecule has 0 saturated carbocycles. The number of carboxylic acid groups (broad SMARTS) is 1. The van der Waals surface area contributed by atoms with Crippen molar-refractivity contribution in [3.63, 3.8) is 0 Å². The number of carbonyl (C=O) groups is 2. The van der Waals surface area contributed by atoms with Crippen LogP contribution in [0.2, 0.25) is 0 Å². The molecule has 15 heavy (non-hydrogen) atoms. The van der Waals surface area contributed by atoms with Gasteiger partial charge in [0.15, 0.2) is 0 Å². The van der Waals surface area contributed by atoms with Crippen molar-refractivity contribution >= 4 is 17.6 Å². The summed E-state index contributed by atoms with van der Waals surface area (Å²) in [6.07, 6.45) is 0. The van der Waals surface area contributed by atoms with Crippen molar-refractivity contribution < 1.29 is 19.4 Å². The molecule has 0 saturated heterocycles. The van der Waals surface area contributed by atoms with Crippen molar-refractivity contribution in [2.24, 2.45) is 5.18 Å². The summed E-state index contributed by atoms with van der Waals surface area (Å²) >= 11 is 0. The molecule has 0 fully saturated rings. The number of benzene rings is 1. The number of hydrogen-bond acceptors (Lipinski definition) is 5. The monoisotopic (exact) mass is 209 g/mol. The predicted molar refractivity (Wildman–Crippen MR) is 50.2 cm³/mol. The normalized spacial score (nSPS) is 9.40. The summed E-state index contributed by atoms with van der Waals surface area (Å²) < 4.78 is 4.64. The van der Waals surface area contributed by atoms with Gasteiger partial charge < -0.3 is 9.84 Å². The maximum atomic E-state index is 10.7. The van der Waals surface area contributed by atoms with Gasteiger partial charge in [-0.2, -0.15) is 0 Å². The van der Waals surface area contributed by atoms with Crippen LogP contribution >= 0.6 is 0 Å². The van der Waals surface area contributed by atoms with Gasteiger partial charge >= 0.3 is 11.9 Å². The lowest BCUT2D eigenvalue weighted by Crippen LogP contribution is -2.06. The Balaban J connectivity index is 3.20. The first-order valence-electron chi connectivity index (χ1n) is 3.93. The van der Waals surface area contributed by atoms with Gasteiger partial charge in [-0.3, -0.25) is 4.79 Å². The average Bonchev–Trinajstić information content (AvgIpc) is 2.17. The zero-order valence-electron chi connectivity index (χ0n) is 7.76. The largest absolute Gasteiger partial charge is 0.478 e.